The highest BCUT2D eigenvalue weighted by molar-refractivity contribution is 7.13. The first-order chi connectivity index (χ1) is 8.27. The lowest BCUT2D eigenvalue weighted by Gasteiger charge is -2.05. The molecule has 2 aromatic heterocycles. The van der Waals surface area contributed by atoms with Gasteiger partial charge >= 0.3 is 0 Å². The third kappa shape index (κ3) is 1.72. The molecular weight excluding hydrogens is 252 g/mol. The fourth-order valence-corrected chi connectivity index (χ4v) is 2.98. The number of thiophene rings is 1. The largest absolute Gasteiger partial charge is 0.159 e. The van der Waals surface area contributed by atoms with Crippen LogP contribution >= 0.6 is 22.9 Å². The molecule has 2 nitrogen and oxygen atoms in total. The molecule has 4 heteroatoms. The molecule has 17 heavy (non-hydrogen) atoms. The minimum Gasteiger partial charge on any atom is -0.147 e. The number of nitrogens with zero attached hydrogens (tertiary/aromatic N) is 2. The third-order valence-corrected chi connectivity index (χ3v) is 4.02. The van der Waals surface area contributed by atoms with Crippen molar-refractivity contribution < 1.29 is 0 Å². The van der Waals surface area contributed by atoms with Crippen LogP contribution in [0.3, 0.4) is 0 Å². The Morgan fingerprint density at radius 3 is 2.53 bits per heavy atom. The highest BCUT2D eigenvalue weighted by Gasteiger charge is 2.12. The van der Waals surface area contributed by atoms with Crippen molar-refractivity contribution in [1.29, 1.82) is 0 Å². The van der Waals surface area contributed by atoms with E-state index in [1.54, 1.807) is 11.3 Å². The fourth-order valence-electron chi connectivity index (χ4n) is 1.85. The topological polar surface area (TPSA) is 25.8 Å². The molecule has 0 unspecified atom stereocenters. The first-order valence-corrected chi connectivity index (χ1v) is 6.48. The average molecular weight is 261 g/mol. The second kappa shape index (κ2) is 4.09. The fraction of sp³-hybridized carbons (Fsp3) is 0.0769. The average Bonchev–Trinajstić information content (AvgIpc) is 2.77. The molecule has 0 aliphatic heterocycles. The minimum absolute atomic E-state index is 0.457. The van der Waals surface area contributed by atoms with E-state index in [1.807, 2.05) is 24.3 Å². The van der Waals surface area contributed by atoms with E-state index in [1.165, 1.54) is 5.56 Å². The van der Waals surface area contributed by atoms with Crippen molar-refractivity contribution in [2.75, 3.05) is 0 Å². The SMILES string of the molecule is Cc1ccsc1-c1nnc(Cl)c2ccccc12. The number of aromatic nitrogens is 2. The maximum absolute atomic E-state index is 6.06. The second-order valence-electron chi connectivity index (χ2n) is 3.82. The standard InChI is InChI=1S/C13H9ClN2S/c1-8-6-7-17-12(8)11-9-4-2-3-5-10(9)13(14)16-15-11/h2-7H,1H3. The van der Waals surface area contributed by atoms with Crippen molar-refractivity contribution in [3.05, 3.63) is 46.4 Å². The summed E-state index contributed by atoms with van der Waals surface area (Å²) in [6.07, 6.45) is 0. The van der Waals surface area contributed by atoms with Gasteiger partial charge in [0.2, 0.25) is 0 Å². The zero-order valence-electron chi connectivity index (χ0n) is 9.14. The van der Waals surface area contributed by atoms with Crippen LogP contribution in [0.15, 0.2) is 35.7 Å². The van der Waals surface area contributed by atoms with Crippen molar-refractivity contribution in [2.24, 2.45) is 0 Å². The lowest BCUT2D eigenvalue weighted by atomic mass is 10.1. The Hall–Kier alpha value is -1.45. The highest BCUT2D eigenvalue weighted by atomic mass is 35.5. The van der Waals surface area contributed by atoms with Gasteiger partial charge in [-0.2, -0.15) is 0 Å². The Kier molecular flexibility index (Phi) is 2.57. The summed E-state index contributed by atoms with van der Waals surface area (Å²) in [4.78, 5) is 1.16. The molecular formula is C13H9ClN2S. The van der Waals surface area contributed by atoms with Gasteiger partial charge in [-0.15, -0.1) is 21.5 Å². The molecule has 0 spiro atoms. The van der Waals surface area contributed by atoms with Crippen LogP contribution in [-0.4, -0.2) is 10.2 Å². The molecule has 0 aliphatic carbocycles. The number of rotatable bonds is 1. The molecule has 0 atom stereocenters. The summed E-state index contributed by atoms with van der Waals surface area (Å²) < 4.78 is 0. The van der Waals surface area contributed by atoms with E-state index in [9.17, 15) is 0 Å². The van der Waals surface area contributed by atoms with E-state index in [-0.39, 0.29) is 0 Å². The molecule has 0 saturated heterocycles. The van der Waals surface area contributed by atoms with Crippen LogP contribution in [-0.2, 0) is 0 Å². The van der Waals surface area contributed by atoms with Gasteiger partial charge in [-0.1, -0.05) is 35.9 Å². The Labute approximate surface area is 108 Å². The van der Waals surface area contributed by atoms with Crippen molar-refractivity contribution in [2.45, 2.75) is 6.92 Å². The van der Waals surface area contributed by atoms with Gasteiger partial charge in [-0.25, -0.2) is 0 Å². The monoisotopic (exact) mass is 260 g/mol. The molecule has 0 radical (unpaired) electrons. The van der Waals surface area contributed by atoms with Crippen molar-refractivity contribution in [3.8, 4) is 10.6 Å². The van der Waals surface area contributed by atoms with Crippen LogP contribution < -0.4 is 0 Å². The normalized spacial score (nSPS) is 10.9. The first kappa shape index (κ1) is 10.7. The first-order valence-electron chi connectivity index (χ1n) is 5.23. The number of halogens is 1. The van der Waals surface area contributed by atoms with Crippen LogP contribution in [0.2, 0.25) is 5.15 Å². The summed E-state index contributed by atoms with van der Waals surface area (Å²) in [6.45, 7) is 2.08. The summed E-state index contributed by atoms with van der Waals surface area (Å²) in [7, 11) is 0. The predicted molar refractivity (Wildman–Crippen MR) is 72.6 cm³/mol. The van der Waals surface area contributed by atoms with E-state index in [0.29, 0.717) is 5.15 Å². The molecule has 0 bridgehead atoms. The van der Waals surface area contributed by atoms with Gasteiger partial charge in [0, 0.05) is 10.8 Å². The maximum Gasteiger partial charge on any atom is 0.159 e. The lowest BCUT2D eigenvalue weighted by molar-refractivity contribution is 1.06. The predicted octanol–water partition coefficient (Wildman–Crippen LogP) is 4.32. The third-order valence-electron chi connectivity index (χ3n) is 2.72. The minimum atomic E-state index is 0.457. The van der Waals surface area contributed by atoms with Crippen LogP contribution in [0, 0.1) is 6.92 Å². The van der Waals surface area contributed by atoms with E-state index >= 15 is 0 Å². The number of hydrogen-bond donors (Lipinski definition) is 0. The Morgan fingerprint density at radius 2 is 1.82 bits per heavy atom. The lowest BCUT2D eigenvalue weighted by Crippen LogP contribution is -1.90. The van der Waals surface area contributed by atoms with Gasteiger partial charge in [0.1, 0.15) is 5.69 Å². The molecule has 3 rings (SSSR count). The molecule has 84 valence electrons. The summed E-state index contributed by atoms with van der Waals surface area (Å²) in [5.74, 6) is 0. The summed E-state index contributed by atoms with van der Waals surface area (Å²) in [5, 5.41) is 12.8. The van der Waals surface area contributed by atoms with Crippen molar-refractivity contribution in [3.63, 3.8) is 0 Å². The molecule has 3 aromatic rings. The summed E-state index contributed by atoms with van der Waals surface area (Å²) in [5.41, 5.74) is 2.13. The summed E-state index contributed by atoms with van der Waals surface area (Å²) in [6, 6.07) is 10.0. The van der Waals surface area contributed by atoms with Crippen LogP contribution in [0.1, 0.15) is 5.56 Å². The molecule has 0 aliphatic rings. The smallest absolute Gasteiger partial charge is 0.147 e. The zero-order valence-corrected chi connectivity index (χ0v) is 10.7. The molecule has 1 aromatic carbocycles. The second-order valence-corrected chi connectivity index (χ2v) is 5.09. The Morgan fingerprint density at radius 1 is 1.06 bits per heavy atom. The number of hydrogen-bond acceptors (Lipinski definition) is 3. The van der Waals surface area contributed by atoms with E-state index < -0.39 is 0 Å². The maximum atomic E-state index is 6.06. The number of fused-ring (bicyclic) bond motifs is 1. The molecule has 2 heterocycles. The van der Waals surface area contributed by atoms with Gasteiger partial charge in [0.05, 0.1) is 4.88 Å². The van der Waals surface area contributed by atoms with Gasteiger partial charge in [0.15, 0.2) is 5.15 Å². The van der Waals surface area contributed by atoms with Gasteiger partial charge in [-0.3, -0.25) is 0 Å². The Balaban J connectivity index is 2.39. The van der Waals surface area contributed by atoms with Gasteiger partial charge < -0.3 is 0 Å². The Bertz CT molecular complexity index is 691. The number of benzene rings is 1. The summed E-state index contributed by atoms with van der Waals surface area (Å²) >= 11 is 7.74. The van der Waals surface area contributed by atoms with E-state index in [4.69, 9.17) is 11.6 Å². The van der Waals surface area contributed by atoms with Crippen LogP contribution in [0.5, 0.6) is 0 Å². The zero-order chi connectivity index (χ0) is 11.8. The van der Waals surface area contributed by atoms with Gasteiger partial charge in [0.25, 0.3) is 0 Å². The quantitative estimate of drug-likeness (QED) is 0.651. The van der Waals surface area contributed by atoms with E-state index in [0.717, 1.165) is 21.3 Å². The molecule has 0 N–H and O–H groups in total. The van der Waals surface area contributed by atoms with Crippen LogP contribution in [0.25, 0.3) is 21.3 Å². The van der Waals surface area contributed by atoms with Gasteiger partial charge in [-0.05, 0) is 23.9 Å². The van der Waals surface area contributed by atoms with E-state index in [2.05, 4.69) is 28.6 Å². The van der Waals surface area contributed by atoms with Crippen molar-refractivity contribution in [1.82, 2.24) is 10.2 Å². The van der Waals surface area contributed by atoms with Crippen molar-refractivity contribution >= 4 is 33.7 Å². The molecule has 0 amide bonds. The highest BCUT2D eigenvalue weighted by Crippen LogP contribution is 2.34. The van der Waals surface area contributed by atoms with Crippen LogP contribution in [0.4, 0.5) is 0 Å². The molecule has 0 fully saturated rings. The number of aryl methyl sites for hydroxylation is 1. The molecule has 0 saturated carbocycles.